The number of carbonyl (C=O) groups excluding carboxylic acids is 1. The Balaban J connectivity index is 2.11. The van der Waals surface area contributed by atoms with Gasteiger partial charge in [-0.05, 0) is 51.0 Å². The van der Waals surface area contributed by atoms with Crippen LogP contribution < -0.4 is 4.74 Å². The van der Waals surface area contributed by atoms with E-state index in [0.29, 0.717) is 5.75 Å². The lowest BCUT2D eigenvalue weighted by atomic mass is 9.65. The number of ketones is 1. The lowest BCUT2D eigenvalue weighted by molar-refractivity contribution is 0.0844. The minimum Gasteiger partial charge on any atom is -0.507 e. The van der Waals surface area contributed by atoms with Gasteiger partial charge in [0, 0.05) is 18.1 Å². The zero-order chi connectivity index (χ0) is 21.8. The van der Waals surface area contributed by atoms with Gasteiger partial charge in [-0.2, -0.15) is 0 Å². The highest BCUT2D eigenvalue weighted by atomic mass is 16.5. The highest BCUT2D eigenvalue weighted by Crippen LogP contribution is 2.47. The van der Waals surface area contributed by atoms with Crippen LogP contribution in [0.1, 0.15) is 55.5 Å². The predicted molar refractivity (Wildman–Crippen MR) is 119 cm³/mol. The number of benzene rings is 2. The molecule has 3 atom stereocenters. The summed E-state index contributed by atoms with van der Waals surface area (Å²) in [4.78, 5) is 13.8. The molecular formula is C26H30O4. The van der Waals surface area contributed by atoms with Gasteiger partial charge in [-0.3, -0.25) is 4.79 Å². The summed E-state index contributed by atoms with van der Waals surface area (Å²) >= 11 is 0. The zero-order valence-electron chi connectivity index (χ0n) is 18.1. The van der Waals surface area contributed by atoms with Gasteiger partial charge in [0.2, 0.25) is 0 Å². The summed E-state index contributed by atoms with van der Waals surface area (Å²) in [6.45, 7) is 6.17. The molecule has 2 aromatic rings. The number of Topliss-reactive ketones (excluding diaryl/α,β-unsaturated/α-hetero) is 1. The van der Waals surface area contributed by atoms with Crippen molar-refractivity contribution in [1.29, 1.82) is 0 Å². The Bertz CT molecular complexity index is 945. The fourth-order valence-electron chi connectivity index (χ4n) is 4.40. The van der Waals surface area contributed by atoms with Crippen LogP contribution in [0, 0.1) is 11.8 Å². The van der Waals surface area contributed by atoms with Gasteiger partial charge in [0.1, 0.15) is 22.8 Å². The molecule has 0 aliphatic heterocycles. The number of phenolic OH excluding ortho intramolecular Hbond substituents is 2. The van der Waals surface area contributed by atoms with E-state index in [1.807, 2.05) is 30.3 Å². The van der Waals surface area contributed by atoms with Crippen molar-refractivity contribution in [3.05, 3.63) is 76.9 Å². The highest BCUT2D eigenvalue weighted by Gasteiger charge is 2.40. The van der Waals surface area contributed by atoms with Gasteiger partial charge in [-0.15, -0.1) is 0 Å². The second-order valence-corrected chi connectivity index (χ2v) is 8.26. The molecule has 1 aliphatic carbocycles. The SMILES string of the molecule is COc1cc(O)c(C(=O)C2[C@H](CC=C(C)C)C(C)=CC[C@H]2c2ccccc2)c(O)c1. The molecule has 2 N–H and O–H groups in total. The number of phenols is 2. The smallest absolute Gasteiger partial charge is 0.174 e. The first-order chi connectivity index (χ1) is 14.3. The molecule has 0 heterocycles. The monoisotopic (exact) mass is 406 g/mol. The lowest BCUT2D eigenvalue weighted by Gasteiger charge is -2.37. The standard InChI is InChI=1S/C26H30O4/c1-16(2)10-12-20-17(3)11-13-21(18-8-6-5-7-9-18)24(20)26(29)25-22(27)14-19(30-4)15-23(25)28/h5-11,14-15,20-21,24,27-28H,12-13H2,1-4H3/t20-,21+,24?/m1/s1. The third-order valence-corrected chi connectivity index (χ3v) is 6.01. The number of carbonyl (C=O) groups is 1. The van der Waals surface area contributed by atoms with Crippen molar-refractivity contribution in [3.63, 3.8) is 0 Å². The molecule has 1 unspecified atom stereocenters. The third-order valence-electron chi connectivity index (χ3n) is 6.01. The first-order valence-electron chi connectivity index (χ1n) is 10.3. The molecule has 0 fully saturated rings. The van der Waals surface area contributed by atoms with Crippen molar-refractivity contribution >= 4 is 5.78 Å². The Morgan fingerprint density at radius 1 is 1.13 bits per heavy atom. The number of allylic oxidation sites excluding steroid dienone is 4. The van der Waals surface area contributed by atoms with Gasteiger partial charge in [-0.25, -0.2) is 0 Å². The Hall–Kier alpha value is -3.01. The quantitative estimate of drug-likeness (QED) is 0.455. The van der Waals surface area contributed by atoms with E-state index in [1.54, 1.807) is 0 Å². The van der Waals surface area contributed by atoms with Gasteiger partial charge in [0.05, 0.1) is 7.11 Å². The molecule has 2 aromatic carbocycles. The third kappa shape index (κ3) is 4.43. The van der Waals surface area contributed by atoms with Crippen LogP contribution in [0.3, 0.4) is 0 Å². The van der Waals surface area contributed by atoms with Gasteiger partial charge in [0.15, 0.2) is 5.78 Å². The number of rotatable bonds is 6. The van der Waals surface area contributed by atoms with Crippen molar-refractivity contribution < 1.29 is 19.7 Å². The summed E-state index contributed by atoms with van der Waals surface area (Å²) in [7, 11) is 1.45. The molecule has 30 heavy (non-hydrogen) atoms. The van der Waals surface area contributed by atoms with E-state index in [1.165, 1.54) is 30.4 Å². The van der Waals surface area contributed by atoms with E-state index in [2.05, 4.69) is 32.9 Å². The average molecular weight is 407 g/mol. The van der Waals surface area contributed by atoms with Crippen molar-refractivity contribution in [2.24, 2.45) is 11.8 Å². The maximum atomic E-state index is 13.8. The number of hydrogen-bond donors (Lipinski definition) is 2. The van der Waals surface area contributed by atoms with E-state index < -0.39 is 5.92 Å². The topological polar surface area (TPSA) is 66.8 Å². The predicted octanol–water partition coefficient (Wildman–Crippen LogP) is 6.01. The molecule has 3 rings (SSSR count). The maximum absolute atomic E-state index is 13.8. The van der Waals surface area contributed by atoms with Crippen LogP contribution in [0.25, 0.3) is 0 Å². The molecule has 0 amide bonds. The van der Waals surface area contributed by atoms with E-state index in [4.69, 9.17) is 4.74 Å². The van der Waals surface area contributed by atoms with Gasteiger partial charge in [-0.1, -0.05) is 53.6 Å². The first-order valence-corrected chi connectivity index (χ1v) is 10.3. The average Bonchev–Trinajstić information content (AvgIpc) is 2.72. The van der Waals surface area contributed by atoms with Gasteiger partial charge >= 0.3 is 0 Å². The molecule has 4 heteroatoms. The van der Waals surface area contributed by atoms with Crippen LogP contribution in [-0.4, -0.2) is 23.1 Å². The van der Waals surface area contributed by atoms with Crippen LogP contribution in [0.5, 0.6) is 17.2 Å². The van der Waals surface area contributed by atoms with Crippen molar-refractivity contribution in [1.82, 2.24) is 0 Å². The van der Waals surface area contributed by atoms with Crippen LogP contribution >= 0.6 is 0 Å². The van der Waals surface area contributed by atoms with Gasteiger partial charge in [0.25, 0.3) is 0 Å². The Morgan fingerprint density at radius 3 is 2.33 bits per heavy atom. The molecular weight excluding hydrogens is 376 g/mol. The van der Waals surface area contributed by atoms with Crippen LogP contribution in [0.4, 0.5) is 0 Å². The first kappa shape index (κ1) is 21.7. The highest BCUT2D eigenvalue weighted by molar-refractivity contribution is 6.03. The normalized spacial score (nSPS) is 20.9. The zero-order valence-corrected chi connectivity index (χ0v) is 18.1. The second kappa shape index (κ2) is 9.21. The summed E-state index contributed by atoms with van der Waals surface area (Å²) in [6, 6.07) is 12.8. The number of aromatic hydroxyl groups is 2. The van der Waals surface area contributed by atoms with Crippen molar-refractivity contribution in [3.8, 4) is 17.2 Å². The summed E-state index contributed by atoms with van der Waals surface area (Å²) in [5, 5.41) is 21.1. The Kier molecular flexibility index (Phi) is 6.66. The largest absolute Gasteiger partial charge is 0.507 e. The summed E-state index contributed by atoms with van der Waals surface area (Å²) < 4.78 is 5.10. The summed E-state index contributed by atoms with van der Waals surface area (Å²) in [5.41, 5.74) is 3.43. The van der Waals surface area contributed by atoms with Crippen molar-refractivity contribution in [2.75, 3.05) is 7.11 Å². The molecule has 158 valence electrons. The minimum absolute atomic E-state index is 0.00717. The van der Waals surface area contributed by atoms with E-state index in [-0.39, 0.29) is 34.7 Å². The lowest BCUT2D eigenvalue weighted by Crippen LogP contribution is -2.33. The molecule has 0 aromatic heterocycles. The van der Waals surface area contributed by atoms with Gasteiger partial charge < -0.3 is 14.9 Å². The number of methoxy groups -OCH3 is 1. The second-order valence-electron chi connectivity index (χ2n) is 8.26. The fraction of sp³-hybridized carbons (Fsp3) is 0.346. The van der Waals surface area contributed by atoms with Crippen LogP contribution in [-0.2, 0) is 0 Å². The van der Waals surface area contributed by atoms with E-state index >= 15 is 0 Å². The van der Waals surface area contributed by atoms with E-state index in [9.17, 15) is 15.0 Å². The van der Waals surface area contributed by atoms with Crippen molar-refractivity contribution in [2.45, 2.75) is 39.5 Å². The Morgan fingerprint density at radius 2 is 1.77 bits per heavy atom. The van der Waals surface area contributed by atoms with Crippen LogP contribution in [0.15, 0.2) is 65.8 Å². The molecule has 0 spiro atoms. The maximum Gasteiger partial charge on any atom is 0.174 e. The molecule has 0 saturated carbocycles. The fourth-order valence-corrected chi connectivity index (χ4v) is 4.40. The van der Waals surface area contributed by atoms with E-state index in [0.717, 1.165) is 18.4 Å². The molecule has 1 aliphatic rings. The van der Waals surface area contributed by atoms with Crippen LogP contribution in [0.2, 0.25) is 0 Å². The summed E-state index contributed by atoms with van der Waals surface area (Å²) in [5.74, 6) is -0.860. The molecule has 0 saturated heterocycles. The minimum atomic E-state index is -0.391. The Labute approximate surface area is 178 Å². The number of ether oxygens (including phenoxy) is 1. The number of hydrogen-bond acceptors (Lipinski definition) is 4. The molecule has 4 nitrogen and oxygen atoms in total. The molecule has 0 bridgehead atoms. The molecule has 0 radical (unpaired) electrons. The summed E-state index contributed by atoms with van der Waals surface area (Å²) in [6.07, 6.45) is 5.86.